The van der Waals surface area contributed by atoms with Gasteiger partial charge in [0.05, 0.1) is 5.92 Å². The highest BCUT2D eigenvalue weighted by Gasteiger charge is 2.43. The second-order valence-corrected chi connectivity index (χ2v) is 6.27. The standard InChI is InChI=1S/C15H18BrNO3/c1-10(11-4-6-12(16)7-5-11)13(18)17-15(14(19)20)8-2-3-9-15/h4-7,10H,2-3,8-9H2,1H3,(H,17,18)(H,19,20). The lowest BCUT2D eigenvalue weighted by Gasteiger charge is -2.27. The molecule has 2 N–H and O–H groups in total. The number of amides is 1. The van der Waals surface area contributed by atoms with E-state index in [4.69, 9.17) is 0 Å². The first kappa shape index (κ1) is 15.0. The Morgan fingerprint density at radius 1 is 1.25 bits per heavy atom. The van der Waals surface area contributed by atoms with Crippen LogP contribution >= 0.6 is 15.9 Å². The number of rotatable bonds is 4. The zero-order chi connectivity index (χ0) is 14.8. The van der Waals surface area contributed by atoms with E-state index in [0.717, 1.165) is 22.9 Å². The van der Waals surface area contributed by atoms with Crippen LogP contribution in [-0.4, -0.2) is 22.5 Å². The van der Waals surface area contributed by atoms with E-state index < -0.39 is 11.5 Å². The van der Waals surface area contributed by atoms with E-state index in [1.54, 1.807) is 6.92 Å². The monoisotopic (exact) mass is 339 g/mol. The summed E-state index contributed by atoms with van der Waals surface area (Å²) in [6.07, 6.45) is 2.72. The number of carboxylic acid groups (broad SMARTS) is 1. The average Bonchev–Trinajstić information content (AvgIpc) is 2.88. The van der Waals surface area contributed by atoms with Crippen molar-refractivity contribution in [3.63, 3.8) is 0 Å². The predicted molar refractivity (Wildman–Crippen MR) is 79.5 cm³/mol. The molecular formula is C15H18BrNO3. The summed E-state index contributed by atoms with van der Waals surface area (Å²) in [5, 5.41) is 12.1. The Kier molecular flexibility index (Phi) is 4.48. The summed E-state index contributed by atoms with van der Waals surface area (Å²) in [5.74, 6) is -1.51. The molecule has 0 radical (unpaired) electrons. The SMILES string of the molecule is CC(C(=O)NC1(C(=O)O)CCCC1)c1ccc(Br)cc1. The molecule has 0 aliphatic heterocycles. The zero-order valence-electron chi connectivity index (χ0n) is 11.4. The fourth-order valence-corrected chi connectivity index (χ4v) is 2.88. The van der Waals surface area contributed by atoms with Gasteiger partial charge < -0.3 is 10.4 Å². The number of aliphatic carboxylic acids is 1. The minimum absolute atomic E-state index is 0.225. The van der Waals surface area contributed by atoms with Gasteiger partial charge in [0, 0.05) is 4.47 Å². The van der Waals surface area contributed by atoms with Crippen LogP contribution in [0.5, 0.6) is 0 Å². The van der Waals surface area contributed by atoms with Gasteiger partial charge in [-0.2, -0.15) is 0 Å². The molecule has 5 heteroatoms. The van der Waals surface area contributed by atoms with Crippen molar-refractivity contribution in [3.8, 4) is 0 Å². The largest absolute Gasteiger partial charge is 0.480 e. The lowest BCUT2D eigenvalue weighted by molar-refractivity contribution is -0.147. The number of carbonyl (C=O) groups is 2. The van der Waals surface area contributed by atoms with Gasteiger partial charge in [0.25, 0.3) is 0 Å². The molecule has 20 heavy (non-hydrogen) atoms. The molecule has 0 aromatic heterocycles. The van der Waals surface area contributed by atoms with Gasteiger partial charge >= 0.3 is 5.97 Å². The van der Waals surface area contributed by atoms with Crippen molar-refractivity contribution in [3.05, 3.63) is 34.3 Å². The number of hydrogen-bond acceptors (Lipinski definition) is 2. The molecular weight excluding hydrogens is 322 g/mol. The van der Waals surface area contributed by atoms with Gasteiger partial charge in [-0.3, -0.25) is 4.79 Å². The van der Waals surface area contributed by atoms with E-state index in [-0.39, 0.29) is 11.8 Å². The Bertz CT molecular complexity index is 506. The van der Waals surface area contributed by atoms with Gasteiger partial charge in [-0.05, 0) is 37.5 Å². The Morgan fingerprint density at radius 2 is 1.80 bits per heavy atom. The van der Waals surface area contributed by atoms with E-state index in [1.807, 2.05) is 24.3 Å². The maximum Gasteiger partial charge on any atom is 0.329 e. The molecule has 1 amide bonds. The summed E-state index contributed by atoms with van der Waals surface area (Å²) < 4.78 is 0.951. The molecule has 1 saturated carbocycles. The van der Waals surface area contributed by atoms with Crippen molar-refractivity contribution in [2.75, 3.05) is 0 Å². The van der Waals surface area contributed by atoms with Crippen LogP contribution in [0.25, 0.3) is 0 Å². The fraction of sp³-hybridized carbons (Fsp3) is 0.467. The quantitative estimate of drug-likeness (QED) is 0.885. The second-order valence-electron chi connectivity index (χ2n) is 5.36. The van der Waals surface area contributed by atoms with Crippen LogP contribution in [0.2, 0.25) is 0 Å². The molecule has 0 heterocycles. The van der Waals surface area contributed by atoms with Crippen molar-refractivity contribution in [1.29, 1.82) is 0 Å². The summed E-state index contributed by atoms with van der Waals surface area (Å²) in [4.78, 5) is 23.7. The van der Waals surface area contributed by atoms with Crippen molar-refractivity contribution in [2.45, 2.75) is 44.1 Å². The molecule has 1 unspecified atom stereocenters. The molecule has 1 aliphatic carbocycles. The number of benzene rings is 1. The lowest BCUT2D eigenvalue weighted by Crippen LogP contribution is -2.53. The highest BCUT2D eigenvalue weighted by Crippen LogP contribution is 2.31. The minimum Gasteiger partial charge on any atom is -0.480 e. The third kappa shape index (κ3) is 3.03. The molecule has 1 atom stereocenters. The van der Waals surface area contributed by atoms with E-state index >= 15 is 0 Å². The van der Waals surface area contributed by atoms with E-state index in [2.05, 4.69) is 21.2 Å². The molecule has 1 fully saturated rings. The highest BCUT2D eigenvalue weighted by atomic mass is 79.9. The number of hydrogen-bond donors (Lipinski definition) is 2. The maximum atomic E-state index is 12.3. The van der Waals surface area contributed by atoms with Crippen LogP contribution in [0.1, 0.15) is 44.1 Å². The molecule has 0 saturated heterocycles. The molecule has 108 valence electrons. The molecule has 1 aromatic carbocycles. The maximum absolute atomic E-state index is 12.3. The number of nitrogens with one attached hydrogen (secondary N) is 1. The van der Waals surface area contributed by atoms with Gasteiger partial charge in [-0.25, -0.2) is 4.79 Å². The first-order chi connectivity index (χ1) is 9.44. The van der Waals surface area contributed by atoms with Gasteiger partial charge in [0.15, 0.2) is 0 Å². The second kappa shape index (κ2) is 5.95. The first-order valence-electron chi connectivity index (χ1n) is 6.75. The number of halogens is 1. The van der Waals surface area contributed by atoms with E-state index in [1.165, 1.54) is 0 Å². The summed E-state index contributed by atoms with van der Waals surface area (Å²) >= 11 is 3.35. The van der Waals surface area contributed by atoms with Crippen LogP contribution in [0.15, 0.2) is 28.7 Å². The Labute approximate surface area is 126 Å². The molecule has 2 rings (SSSR count). The molecule has 1 aromatic rings. The van der Waals surface area contributed by atoms with Crippen molar-refractivity contribution >= 4 is 27.8 Å². The molecule has 0 spiro atoms. The minimum atomic E-state index is -1.07. The van der Waals surface area contributed by atoms with E-state index in [9.17, 15) is 14.7 Å². The normalized spacial score (nSPS) is 18.5. The van der Waals surface area contributed by atoms with Crippen molar-refractivity contribution < 1.29 is 14.7 Å². The van der Waals surface area contributed by atoms with Gasteiger partial charge in [0.1, 0.15) is 5.54 Å². The van der Waals surface area contributed by atoms with Crippen LogP contribution in [0, 0.1) is 0 Å². The van der Waals surface area contributed by atoms with Crippen LogP contribution < -0.4 is 5.32 Å². The summed E-state index contributed by atoms with van der Waals surface area (Å²) in [6, 6.07) is 7.50. The molecule has 4 nitrogen and oxygen atoms in total. The Balaban J connectivity index is 2.11. The molecule has 1 aliphatic rings. The smallest absolute Gasteiger partial charge is 0.329 e. The van der Waals surface area contributed by atoms with Crippen molar-refractivity contribution in [1.82, 2.24) is 5.32 Å². The fourth-order valence-electron chi connectivity index (χ4n) is 2.62. The Hall–Kier alpha value is -1.36. The van der Waals surface area contributed by atoms with E-state index in [0.29, 0.717) is 12.8 Å². The van der Waals surface area contributed by atoms with Crippen LogP contribution in [-0.2, 0) is 9.59 Å². The van der Waals surface area contributed by atoms with Crippen LogP contribution in [0.4, 0.5) is 0 Å². The Morgan fingerprint density at radius 3 is 2.30 bits per heavy atom. The third-order valence-corrected chi connectivity index (χ3v) is 4.52. The lowest BCUT2D eigenvalue weighted by atomic mass is 9.94. The van der Waals surface area contributed by atoms with Crippen LogP contribution in [0.3, 0.4) is 0 Å². The van der Waals surface area contributed by atoms with Gasteiger partial charge in [0.2, 0.25) is 5.91 Å². The summed E-state index contributed by atoms with van der Waals surface area (Å²) in [7, 11) is 0. The number of carboxylic acids is 1. The topological polar surface area (TPSA) is 66.4 Å². The van der Waals surface area contributed by atoms with Gasteiger partial charge in [-0.1, -0.05) is 40.9 Å². The third-order valence-electron chi connectivity index (χ3n) is 3.99. The predicted octanol–water partition coefficient (Wildman–Crippen LogP) is 3.07. The first-order valence-corrected chi connectivity index (χ1v) is 7.55. The highest BCUT2D eigenvalue weighted by molar-refractivity contribution is 9.10. The van der Waals surface area contributed by atoms with Gasteiger partial charge in [-0.15, -0.1) is 0 Å². The van der Waals surface area contributed by atoms with Crippen molar-refractivity contribution in [2.24, 2.45) is 0 Å². The number of carbonyl (C=O) groups excluding carboxylic acids is 1. The summed E-state index contributed by atoms with van der Waals surface area (Å²) in [6.45, 7) is 1.79. The zero-order valence-corrected chi connectivity index (χ0v) is 12.9. The molecule has 0 bridgehead atoms. The average molecular weight is 340 g/mol. The summed E-state index contributed by atoms with van der Waals surface area (Å²) in [5.41, 5.74) is -0.190.